The molecule has 0 bridgehead atoms. The van der Waals surface area contributed by atoms with Crippen LogP contribution in [0.2, 0.25) is 0 Å². The zero-order valence-electron chi connectivity index (χ0n) is 14.9. The number of carbonyl (C=O) groups is 1. The summed E-state index contributed by atoms with van der Waals surface area (Å²) >= 11 is 0. The van der Waals surface area contributed by atoms with Crippen LogP contribution in [0.5, 0.6) is 6.01 Å². The van der Waals surface area contributed by atoms with Crippen LogP contribution >= 0.6 is 0 Å². The number of ether oxygens (including phenoxy) is 1. The smallest absolute Gasteiger partial charge is 0.316 e. The van der Waals surface area contributed by atoms with Gasteiger partial charge < -0.3 is 21.1 Å². The lowest BCUT2D eigenvalue weighted by Gasteiger charge is -2.24. The van der Waals surface area contributed by atoms with Crippen LogP contribution in [-0.2, 0) is 11.2 Å². The molecule has 1 saturated heterocycles. The molecule has 1 aromatic carbocycles. The van der Waals surface area contributed by atoms with Gasteiger partial charge in [0.05, 0.1) is 19.3 Å². The number of aromatic nitrogens is 2. The third-order valence-corrected chi connectivity index (χ3v) is 4.51. The summed E-state index contributed by atoms with van der Waals surface area (Å²) < 4.78 is 4.97. The third-order valence-electron chi connectivity index (χ3n) is 4.51. The number of nitrogens with two attached hydrogens (primary N) is 1. The zero-order valence-corrected chi connectivity index (χ0v) is 14.9. The molecule has 2 heterocycles. The monoisotopic (exact) mass is 355 g/mol. The Morgan fingerprint density at radius 3 is 2.62 bits per heavy atom. The summed E-state index contributed by atoms with van der Waals surface area (Å²) in [7, 11) is 1.54. The van der Waals surface area contributed by atoms with Crippen LogP contribution in [0.15, 0.2) is 36.7 Å². The molecule has 4 N–H and O–H groups in total. The lowest BCUT2D eigenvalue weighted by atomic mass is 10.0. The maximum atomic E-state index is 12.2. The summed E-state index contributed by atoms with van der Waals surface area (Å²) in [6, 6.07) is 8.23. The number of hydrogen-bond acceptors (Lipinski definition) is 6. The first-order valence-corrected chi connectivity index (χ1v) is 8.90. The second-order valence-electron chi connectivity index (χ2n) is 6.48. The van der Waals surface area contributed by atoms with Gasteiger partial charge in [-0.15, -0.1) is 0 Å². The van der Waals surface area contributed by atoms with Crippen molar-refractivity contribution in [2.75, 3.05) is 13.7 Å². The van der Waals surface area contributed by atoms with Crippen LogP contribution in [0.25, 0.3) is 11.1 Å². The fourth-order valence-electron chi connectivity index (χ4n) is 3.07. The molecule has 7 nitrogen and oxygen atoms in total. The second-order valence-corrected chi connectivity index (χ2v) is 6.48. The molecule has 1 aromatic heterocycles. The molecule has 1 aliphatic heterocycles. The Morgan fingerprint density at radius 1 is 1.27 bits per heavy atom. The van der Waals surface area contributed by atoms with E-state index < -0.39 is 6.17 Å². The van der Waals surface area contributed by atoms with Crippen LogP contribution < -0.4 is 21.1 Å². The van der Waals surface area contributed by atoms with E-state index in [9.17, 15) is 4.79 Å². The molecule has 0 radical (unpaired) electrons. The molecule has 138 valence electrons. The van der Waals surface area contributed by atoms with Crippen molar-refractivity contribution in [1.29, 1.82) is 0 Å². The largest absolute Gasteiger partial charge is 0.467 e. The Bertz CT molecular complexity index is 712. The highest BCUT2D eigenvalue weighted by molar-refractivity contribution is 5.82. The first-order chi connectivity index (χ1) is 12.7. The van der Waals surface area contributed by atoms with Crippen molar-refractivity contribution in [2.24, 2.45) is 5.73 Å². The van der Waals surface area contributed by atoms with E-state index in [1.165, 1.54) is 7.11 Å². The standard InChI is InChI=1S/C19H25N5O2/c1-26-19-22-11-15(12-23-19)14-7-5-13(6-8-14)10-17(20)24-18(25)16-4-2-3-9-21-16/h5-8,11-12,16-17,21H,2-4,9-10,20H2,1H3,(H,24,25)/t16-,17-/m0/s1. The van der Waals surface area contributed by atoms with Gasteiger partial charge in [0.2, 0.25) is 5.91 Å². The molecule has 3 rings (SSSR count). The molecule has 26 heavy (non-hydrogen) atoms. The lowest BCUT2D eigenvalue weighted by Crippen LogP contribution is -2.52. The van der Waals surface area contributed by atoms with Crippen molar-refractivity contribution in [3.05, 3.63) is 42.2 Å². The van der Waals surface area contributed by atoms with E-state index >= 15 is 0 Å². The van der Waals surface area contributed by atoms with Gasteiger partial charge in [0.15, 0.2) is 0 Å². The van der Waals surface area contributed by atoms with Gasteiger partial charge in [0.25, 0.3) is 0 Å². The number of methoxy groups -OCH3 is 1. The topological polar surface area (TPSA) is 102 Å². The maximum absolute atomic E-state index is 12.2. The molecule has 0 aliphatic carbocycles. The van der Waals surface area contributed by atoms with Crippen LogP contribution in [0.3, 0.4) is 0 Å². The van der Waals surface area contributed by atoms with Crippen molar-refractivity contribution in [3.63, 3.8) is 0 Å². The normalized spacial score (nSPS) is 18.2. The highest BCUT2D eigenvalue weighted by Crippen LogP contribution is 2.19. The third kappa shape index (κ3) is 4.77. The van der Waals surface area contributed by atoms with Crippen LogP contribution in [0.4, 0.5) is 0 Å². The summed E-state index contributed by atoms with van der Waals surface area (Å²) in [5, 5.41) is 6.13. The molecule has 1 amide bonds. The van der Waals surface area contributed by atoms with E-state index in [-0.39, 0.29) is 11.9 Å². The number of carbonyl (C=O) groups excluding carboxylic acids is 1. The number of hydrogen-bond donors (Lipinski definition) is 3. The molecular weight excluding hydrogens is 330 g/mol. The Kier molecular flexibility index (Phi) is 6.14. The van der Waals surface area contributed by atoms with Crippen molar-refractivity contribution >= 4 is 5.91 Å². The fourth-order valence-corrected chi connectivity index (χ4v) is 3.07. The Balaban J connectivity index is 1.55. The Labute approximate surface area is 153 Å². The molecule has 2 atom stereocenters. The van der Waals surface area contributed by atoms with E-state index in [1.807, 2.05) is 24.3 Å². The summed E-state index contributed by atoms with van der Waals surface area (Å²) in [6.07, 6.45) is 6.71. The molecule has 0 unspecified atom stereocenters. The van der Waals surface area contributed by atoms with Crippen molar-refractivity contribution < 1.29 is 9.53 Å². The van der Waals surface area contributed by atoms with Gasteiger partial charge in [0.1, 0.15) is 0 Å². The minimum Gasteiger partial charge on any atom is -0.467 e. The predicted molar refractivity (Wildman–Crippen MR) is 99.5 cm³/mol. The number of amides is 1. The quantitative estimate of drug-likeness (QED) is 0.674. The van der Waals surface area contributed by atoms with E-state index in [1.54, 1.807) is 12.4 Å². The SMILES string of the molecule is COc1ncc(-c2ccc(C[C@@H](N)NC(=O)[C@@H]3CCCCN3)cc2)cn1. The van der Waals surface area contributed by atoms with Crippen LogP contribution in [0.1, 0.15) is 24.8 Å². The van der Waals surface area contributed by atoms with E-state index in [2.05, 4.69) is 20.6 Å². The molecule has 0 spiro atoms. The van der Waals surface area contributed by atoms with Crippen LogP contribution in [-0.4, -0.2) is 41.7 Å². The van der Waals surface area contributed by atoms with Gasteiger partial charge in [-0.3, -0.25) is 4.79 Å². The van der Waals surface area contributed by atoms with E-state index in [4.69, 9.17) is 10.5 Å². The predicted octanol–water partition coefficient (Wildman–Crippen LogP) is 1.24. The summed E-state index contributed by atoms with van der Waals surface area (Å²) in [4.78, 5) is 20.4. The van der Waals surface area contributed by atoms with Gasteiger partial charge in [-0.25, -0.2) is 9.97 Å². The Morgan fingerprint density at radius 2 is 2.00 bits per heavy atom. The first-order valence-electron chi connectivity index (χ1n) is 8.90. The number of nitrogens with zero attached hydrogens (tertiary/aromatic N) is 2. The maximum Gasteiger partial charge on any atom is 0.316 e. The van der Waals surface area contributed by atoms with Crippen molar-refractivity contribution in [1.82, 2.24) is 20.6 Å². The second kappa shape index (κ2) is 8.73. The minimum atomic E-state index is -0.401. The number of benzene rings is 1. The molecule has 1 fully saturated rings. The average Bonchev–Trinajstić information content (AvgIpc) is 2.69. The molecule has 2 aromatic rings. The van der Waals surface area contributed by atoms with Crippen molar-refractivity contribution in [2.45, 2.75) is 37.9 Å². The highest BCUT2D eigenvalue weighted by Gasteiger charge is 2.21. The van der Waals surface area contributed by atoms with Gasteiger partial charge in [-0.2, -0.15) is 0 Å². The Hall–Kier alpha value is -2.51. The number of rotatable bonds is 6. The average molecular weight is 355 g/mol. The number of nitrogens with one attached hydrogen (secondary N) is 2. The van der Waals surface area contributed by atoms with Gasteiger partial charge in [-0.1, -0.05) is 30.7 Å². The molecule has 1 aliphatic rings. The van der Waals surface area contributed by atoms with Crippen molar-refractivity contribution in [3.8, 4) is 17.1 Å². The molecule has 0 saturated carbocycles. The molecule has 7 heteroatoms. The molecular formula is C19H25N5O2. The van der Waals surface area contributed by atoms with Gasteiger partial charge in [0, 0.05) is 24.4 Å². The first kappa shape index (κ1) is 18.3. The van der Waals surface area contributed by atoms with Crippen LogP contribution in [0, 0.1) is 0 Å². The summed E-state index contributed by atoms with van der Waals surface area (Å²) in [5.41, 5.74) is 9.09. The fraction of sp³-hybridized carbons (Fsp3) is 0.421. The summed E-state index contributed by atoms with van der Waals surface area (Å²) in [5.74, 6) is -0.01000. The van der Waals surface area contributed by atoms with Gasteiger partial charge in [-0.05, 0) is 30.5 Å². The van der Waals surface area contributed by atoms with E-state index in [0.717, 1.165) is 42.5 Å². The highest BCUT2D eigenvalue weighted by atomic mass is 16.5. The number of piperidine rings is 1. The van der Waals surface area contributed by atoms with E-state index in [0.29, 0.717) is 12.4 Å². The lowest BCUT2D eigenvalue weighted by molar-refractivity contribution is -0.124. The summed E-state index contributed by atoms with van der Waals surface area (Å²) in [6.45, 7) is 0.893. The zero-order chi connectivity index (χ0) is 18.4. The minimum absolute atomic E-state index is 0.01000. The van der Waals surface area contributed by atoms with Gasteiger partial charge >= 0.3 is 6.01 Å².